The van der Waals surface area contributed by atoms with Crippen LogP contribution >= 0.6 is 0 Å². The average Bonchev–Trinajstić information content (AvgIpc) is 2.91. The number of rotatable bonds is 4. The third-order valence-corrected chi connectivity index (χ3v) is 3.99. The Morgan fingerprint density at radius 2 is 1.86 bits per heavy atom. The van der Waals surface area contributed by atoms with Crippen LogP contribution in [-0.2, 0) is 13.5 Å². The SMILES string of the molecule is Cc1ccc(CCNC(=O)c2cccc3c2ccn3C)cc1. The second kappa shape index (κ2) is 6.06. The smallest absolute Gasteiger partial charge is 0.251 e. The number of nitrogens with zero attached hydrogens (tertiary/aromatic N) is 1. The first kappa shape index (κ1) is 14.4. The first-order chi connectivity index (χ1) is 10.6. The molecule has 0 unspecified atom stereocenters. The zero-order valence-corrected chi connectivity index (χ0v) is 13.0. The van der Waals surface area contributed by atoms with Crippen molar-refractivity contribution in [1.82, 2.24) is 9.88 Å². The molecule has 112 valence electrons. The molecule has 1 amide bonds. The molecule has 3 aromatic rings. The highest BCUT2D eigenvalue weighted by molar-refractivity contribution is 6.06. The van der Waals surface area contributed by atoms with Gasteiger partial charge in [-0.1, -0.05) is 35.9 Å². The fraction of sp³-hybridized carbons (Fsp3) is 0.211. The Bertz CT molecular complexity index is 800. The van der Waals surface area contributed by atoms with Crippen LogP contribution in [0.15, 0.2) is 54.7 Å². The van der Waals surface area contributed by atoms with Gasteiger partial charge in [-0.3, -0.25) is 4.79 Å². The van der Waals surface area contributed by atoms with Gasteiger partial charge in [-0.05, 0) is 37.1 Å². The van der Waals surface area contributed by atoms with Gasteiger partial charge in [0.25, 0.3) is 5.91 Å². The molecule has 0 saturated carbocycles. The number of hydrogen-bond donors (Lipinski definition) is 1. The Hall–Kier alpha value is -2.55. The summed E-state index contributed by atoms with van der Waals surface area (Å²) in [5.41, 5.74) is 4.31. The first-order valence-corrected chi connectivity index (χ1v) is 7.53. The van der Waals surface area contributed by atoms with Gasteiger partial charge >= 0.3 is 0 Å². The number of carbonyl (C=O) groups excluding carboxylic acids is 1. The maximum absolute atomic E-state index is 12.4. The zero-order chi connectivity index (χ0) is 15.5. The number of amides is 1. The predicted molar refractivity (Wildman–Crippen MR) is 90.1 cm³/mol. The summed E-state index contributed by atoms with van der Waals surface area (Å²) < 4.78 is 2.03. The number of fused-ring (bicyclic) bond motifs is 1. The number of aromatic nitrogens is 1. The van der Waals surface area contributed by atoms with Gasteiger partial charge in [0.05, 0.1) is 0 Å². The highest BCUT2D eigenvalue weighted by Crippen LogP contribution is 2.19. The molecule has 1 aromatic heterocycles. The number of nitrogens with one attached hydrogen (secondary N) is 1. The van der Waals surface area contributed by atoms with E-state index in [-0.39, 0.29) is 5.91 Å². The molecule has 0 radical (unpaired) electrons. The van der Waals surface area contributed by atoms with Crippen molar-refractivity contribution in [3.05, 3.63) is 71.4 Å². The molecule has 0 bridgehead atoms. The van der Waals surface area contributed by atoms with Gasteiger partial charge in [0.15, 0.2) is 0 Å². The van der Waals surface area contributed by atoms with Crippen LogP contribution in [0.4, 0.5) is 0 Å². The van der Waals surface area contributed by atoms with E-state index in [1.807, 2.05) is 42.1 Å². The summed E-state index contributed by atoms with van der Waals surface area (Å²) in [4.78, 5) is 12.4. The molecule has 0 aliphatic heterocycles. The molecule has 0 aliphatic carbocycles. The quantitative estimate of drug-likeness (QED) is 0.785. The van der Waals surface area contributed by atoms with Crippen molar-refractivity contribution in [3.8, 4) is 0 Å². The lowest BCUT2D eigenvalue weighted by atomic mass is 10.1. The Kier molecular flexibility index (Phi) is 3.96. The summed E-state index contributed by atoms with van der Waals surface area (Å²) in [6, 6.07) is 16.2. The van der Waals surface area contributed by atoms with Crippen molar-refractivity contribution in [2.45, 2.75) is 13.3 Å². The van der Waals surface area contributed by atoms with Crippen LogP contribution in [0.5, 0.6) is 0 Å². The molecule has 3 nitrogen and oxygen atoms in total. The summed E-state index contributed by atoms with van der Waals surface area (Å²) >= 11 is 0. The average molecular weight is 292 g/mol. The topological polar surface area (TPSA) is 34.0 Å². The third-order valence-electron chi connectivity index (χ3n) is 3.99. The molecular weight excluding hydrogens is 272 g/mol. The van der Waals surface area contributed by atoms with E-state index < -0.39 is 0 Å². The van der Waals surface area contributed by atoms with E-state index in [4.69, 9.17) is 0 Å². The van der Waals surface area contributed by atoms with Gasteiger partial charge in [0, 0.05) is 36.3 Å². The fourth-order valence-corrected chi connectivity index (χ4v) is 2.67. The lowest BCUT2D eigenvalue weighted by Gasteiger charge is -2.07. The van der Waals surface area contributed by atoms with E-state index >= 15 is 0 Å². The molecule has 0 aliphatic rings. The highest BCUT2D eigenvalue weighted by Gasteiger charge is 2.10. The van der Waals surface area contributed by atoms with Crippen LogP contribution < -0.4 is 5.32 Å². The van der Waals surface area contributed by atoms with E-state index in [1.54, 1.807) is 0 Å². The van der Waals surface area contributed by atoms with Crippen LogP contribution in [0.2, 0.25) is 0 Å². The molecule has 1 heterocycles. The molecule has 1 N–H and O–H groups in total. The molecular formula is C19H20N2O. The summed E-state index contributed by atoms with van der Waals surface area (Å²) in [5, 5.41) is 4.01. The van der Waals surface area contributed by atoms with Gasteiger partial charge < -0.3 is 9.88 Å². The number of aryl methyl sites for hydroxylation is 2. The van der Waals surface area contributed by atoms with Gasteiger partial charge in [-0.15, -0.1) is 0 Å². The van der Waals surface area contributed by atoms with Crippen LogP contribution in [-0.4, -0.2) is 17.0 Å². The Morgan fingerprint density at radius 1 is 1.09 bits per heavy atom. The largest absolute Gasteiger partial charge is 0.352 e. The van der Waals surface area contributed by atoms with Crippen LogP contribution in [0.25, 0.3) is 10.9 Å². The van der Waals surface area contributed by atoms with Gasteiger partial charge in [0.2, 0.25) is 0 Å². The molecule has 2 aromatic carbocycles. The molecule has 22 heavy (non-hydrogen) atoms. The molecule has 0 atom stereocenters. The van der Waals surface area contributed by atoms with E-state index in [2.05, 4.69) is 36.5 Å². The summed E-state index contributed by atoms with van der Waals surface area (Å²) in [6.45, 7) is 2.72. The number of benzene rings is 2. The molecule has 0 saturated heterocycles. The zero-order valence-electron chi connectivity index (χ0n) is 13.0. The summed E-state index contributed by atoms with van der Waals surface area (Å²) in [6.07, 6.45) is 2.82. The standard InChI is InChI=1S/C19H20N2O/c1-14-6-8-15(9-7-14)10-12-20-19(22)17-4-3-5-18-16(17)11-13-21(18)2/h3-9,11,13H,10,12H2,1-2H3,(H,20,22). The van der Waals surface area contributed by atoms with E-state index in [9.17, 15) is 4.79 Å². The Labute approximate surface area is 130 Å². The molecule has 3 rings (SSSR count). The van der Waals surface area contributed by atoms with Crippen molar-refractivity contribution < 1.29 is 4.79 Å². The normalized spacial score (nSPS) is 10.8. The third kappa shape index (κ3) is 2.89. The lowest BCUT2D eigenvalue weighted by molar-refractivity contribution is 0.0956. The van der Waals surface area contributed by atoms with Gasteiger partial charge in [-0.25, -0.2) is 0 Å². The molecule has 0 fully saturated rings. The van der Waals surface area contributed by atoms with Crippen molar-refractivity contribution in [2.24, 2.45) is 7.05 Å². The van der Waals surface area contributed by atoms with Gasteiger partial charge in [-0.2, -0.15) is 0 Å². The maximum Gasteiger partial charge on any atom is 0.251 e. The van der Waals surface area contributed by atoms with Crippen LogP contribution in [0.3, 0.4) is 0 Å². The monoisotopic (exact) mass is 292 g/mol. The van der Waals surface area contributed by atoms with Crippen molar-refractivity contribution in [1.29, 1.82) is 0 Å². The second-order valence-corrected chi connectivity index (χ2v) is 5.66. The predicted octanol–water partition coefficient (Wildman–Crippen LogP) is 3.46. The minimum Gasteiger partial charge on any atom is -0.352 e. The van der Waals surface area contributed by atoms with Crippen molar-refractivity contribution >= 4 is 16.8 Å². The minimum absolute atomic E-state index is 0.0103. The lowest BCUT2D eigenvalue weighted by Crippen LogP contribution is -2.25. The van der Waals surface area contributed by atoms with Crippen molar-refractivity contribution in [2.75, 3.05) is 6.54 Å². The Balaban J connectivity index is 1.67. The van der Waals surface area contributed by atoms with Crippen molar-refractivity contribution in [3.63, 3.8) is 0 Å². The van der Waals surface area contributed by atoms with E-state index in [1.165, 1.54) is 11.1 Å². The number of hydrogen-bond acceptors (Lipinski definition) is 1. The van der Waals surface area contributed by atoms with E-state index in [0.717, 1.165) is 22.9 Å². The fourth-order valence-electron chi connectivity index (χ4n) is 2.67. The second-order valence-electron chi connectivity index (χ2n) is 5.66. The van der Waals surface area contributed by atoms with Crippen LogP contribution in [0, 0.1) is 6.92 Å². The number of carbonyl (C=O) groups is 1. The summed E-state index contributed by atoms with van der Waals surface area (Å²) in [7, 11) is 1.99. The van der Waals surface area contributed by atoms with E-state index in [0.29, 0.717) is 6.54 Å². The van der Waals surface area contributed by atoms with Crippen LogP contribution in [0.1, 0.15) is 21.5 Å². The highest BCUT2D eigenvalue weighted by atomic mass is 16.1. The molecule has 0 spiro atoms. The van der Waals surface area contributed by atoms with Gasteiger partial charge in [0.1, 0.15) is 0 Å². The Morgan fingerprint density at radius 3 is 2.64 bits per heavy atom. The first-order valence-electron chi connectivity index (χ1n) is 7.53. The summed E-state index contributed by atoms with van der Waals surface area (Å²) in [5.74, 6) is -0.0103. The molecule has 3 heteroatoms. The minimum atomic E-state index is -0.0103. The maximum atomic E-state index is 12.4.